The minimum absolute atomic E-state index is 0. The Morgan fingerprint density at radius 2 is 1.86 bits per heavy atom. The molecule has 21 heavy (non-hydrogen) atoms. The number of hydrogen-bond donors (Lipinski definition) is 1. The molecule has 1 heterocycles. The van der Waals surface area contributed by atoms with E-state index in [4.69, 9.17) is 0 Å². The van der Waals surface area contributed by atoms with E-state index < -0.39 is 6.61 Å². The van der Waals surface area contributed by atoms with Crippen molar-refractivity contribution in [2.45, 2.75) is 25.5 Å². The molecule has 4 nitrogen and oxygen atoms in total. The van der Waals surface area contributed by atoms with Crippen LogP contribution in [0.25, 0.3) is 0 Å². The van der Waals surface area contributed by atoms with Gasteiger partial charge in [-0.1, -0.05) is 0 Å². The highest BCUT2D eigenvalue weighted by molar-refractivity contribution is 5.94. The lowest BCUT2D eigenvalue weighted by atomic mass is 10.0. The Hall–Kier alpha value is -1.40. The summed E-state index contributed by atoms with van der Waals surface area (Å²) in [5.74, 6) is -0.0402. The fourth-order valence-corrected chi connectivity index (χ4v) is 2.34. The molecule has 7 heteroatoms. The van der Waals surface area contributed by atoms with Gasteiger partial charge in [0.05, 0.1) is 0 Å². The normalized spacial score (nSPS) is 15.4. The van der Waals surface area contributed by atoms with Crippen LogP contribution in [0.5, 0.6) is 5.75 Å². The molecule has 1 saturated heterocycles. The molecule has 1 aromatic rings. The van der Waals surface area contributed by atoms with Crippen molar-refractivity contribution in [1.29, 1.82) is 0 Å². The average molecular weight is 321 g/mol. The number of rotatable bonds is 4. The summed E-state index contributed by atoms with van der Waals surface area (Å²) in [6.45, 7) is -1.04. The van der Waals surface area contributed by atoms with Gasteiger partial charge in [0.25, 0.3) is 5.91 Å². The molecule has 118 valence electrons. The first-order valence-corrected chi connectivity index (χ1v) is 6.60. The van der Waals surface area contributed by atoms with Gasteiger partial charge in [-0.15, -0.1) is 12.4 Å². The molecule has 1 fully saturated rings. The molecule has 1 amide bonds. The topological polar surface area (TPSA) is 41.6 Å². The summed E-state index contributed by atoms with van der Waals surface area (Å²) < 4.78 is 28.4. The molecule has 1 aliphatic rings. The van der Waals surface area contributed by atoms with Crippen LogP contribution in [0.4, 0.5) is 8.78 Å². The van der Waals surface area contributed by atoms with Crippen molar-refractivity contribution in [3.05, 3.63) is 29.8 Å². The highest BCUT2D eigenvalue weighted by Crippen LogP contribution is 2.18. The Morgan fingerprint density at radius 3 is 2.38 bits per heavy atom. The molecule has 0 radical (unpaired) electrons. The van der Waals surface area contributed by atoms with Gasteiger partial charge in [-0.05, 0) is 50.2 Å². The number of piperidine rings is 1. The van der Waals surface area contributed by atoms with Crippen LogP contribution >= 0.6 is 12.4 Å². The van der Waals surface area contributed by atoms with Crippen LogP contribution in [-0.4, -0.2) is 43.6 Å². The number of carbonyl (C=O) groups is 1. The predicted octanol–water partition coefficient (Wildman–Crippen LogP) is 2.53. The van der Waals surface area contributed by atoms with E-state index in [1.807, 2.05) is 0 Å². The van der Waals surface area contributed by atoms with Gasteiger partial charge >= 0.3 is 6.61 Å². The van der Waals surface area contributed by atoms with Crippen molar-refractivity contribution in [2.24, 2.45) is 0 Å². The molecule has 1 N–H and O–H groups in total. The number of benzene rings is 1. The molecule has 1 aliphatic heterocycles. The van der Waals surface area contributed by atoms with E-state index in [-0.39, 0.29) is 30.1 Å². The lowest BCUT2D eigenvalue weighted by molar-refractivity contribution is -0.0498. The van der Waals surface area contributed by atoms with Crippen LogP contribution in [0.1, 0.15) is 23.2 Å². The lowest BCUT2D eigenvalue weighted by Crippen LogP contribution is -2.43. The molecule has 0 spiro atoms. The summed E-state index contributed by atoms with van der Waals surface area (Å²) in [7, 11) is 1.78. The number of hydrogen-bond acceptors (Lipinski definition) is 3. The first kappa shape index (κ1) is 17.7. The number of ether oxygens (including phenoxy) is 1. The van der Waals surface area contributed by atoms with Crippen molar-refractivity contribution in [3.63, 3.8) is 0 Å². The van der Waals surface area contributed by atoms with Crippen molar-refractivity contribution >= 4 is 18.3 Å². The first-order valence-electron chi connectivity index (χ1n) is 6.60. The minimum Gasteiger partial charge on any atom is -0.435 e. The van der Waals surface area contributed by atoms with Crippen LogP contribution in [0, 0.1) is 0 Å². The van der Waals surface area contributed by atoms with Gasteiger partial charge in [0.2, 0.25) is 0 Å². The lowest BCUT2D eigenvalue weighted by Gasteiger charge is -2.31. The van der Waals surface area contributed by atoms with E-state index in [2.05, 4.69) is 10.1 Å². The van der Waals surface area contributed by atoms with Gasteiger partial charge in [-0.25, -0.2) is 0 Å². The first-order chi connectivity index (χ1) is 9.58. The third kappa shape index (κ3) is 4.82. The standard InChI is InChI=1S/C14H18F2N2O2.ClH/c1-18(11-6-8-17-9-7-11)13(19)10-2-4-12(5-3-10)20-14(15)16;/h2-5,11,14,17H,6-9H2,1H3;1H. The number of nitrogens with one attached hydrogen (secondary N) is 1. The molecule has 1 aromatic carbocycles. The second-order valence-electron chi connectivity index (χ2n) is 4.80. The molecule has 0 atom stereocenters. The van der Waals surface area contributed by atoms with E-state index in [0.29, 0.717) is 5.56 Å². The zero-order valence-corrected chi connectivity index (χ0v) is 12.5. The van der Waals surface area contributed by atoms with Crippen LogP contribution in [0.3, 0.4) is 0 Å². The van der Waals surface area contributed by atoms with Gasteiger partial charge < -0.3 is 15.0 Å². The summed E-state index contributed by atoms with van der Waals surface area (Å²) in [4.78, 5) is 14.0. The third-order valence-electron chi connectivity index (χ3n) is 3.50. The van der Waals surface area contributed by atoms with Gasteiger partial charge in [0.15, 0.2) is 0 Å². The van der Waals surface area contributed by atoms with E-state index in [9.17, 15) is 13.6 Å². The zero-order chi connectivity index (χ0) is 14.5. The fraction of sp³-hybridized carbons (Fsp3) is 0.500. The highest BCUT2D eigenvalue weighted by Gasteiger charge is 2.22. The van der Waals surface area contributed by atoms with E-state index in [1.54, 1.807) is 11.9 Å². The Bertz CT molecular complexity index is 451. The van der Waals surface area contributed by atoms with Crippen molar-refractivity contribution in [1.82, 2.24) is 10.2 Å². The number of nitrogens with zero attached hydrogens (tertiary/aromatic N) is 1. The van der Waals surface area contributed by atoms with Crippen molar-refractivity contribution in [3.8, 4) is 5.75 Å². The molecule has 0 bridgehead atoms. The maximum atomic E-state index is 12.3. The van der Waals surface area contributed by atoms with E-state index in [0.717, 1.165) is 25.9 Å². The van der Waals surface area contributed by atoms with Gasteiger partial charge in [-0.2, -0.15) is 8.78 Å². The SMILES string of the molecule is CN(C(=O)c1ccc(OC(F)F)cc1)C1CCNCC1.Cl. The monoisotopic (exact) mass is 320 g/mol. The Kier molecular flexibility index (Phi) is 6.84. The number of alkyl halides is 2. The highest BCUT2D eigenvalue weighted by atomic mass is 35.5. The van der Waals surface area contributed by atoms with Crippen LogP contribution in [0.2, 0.25) is 0 Å². The second kappa shape index (κ2) is 8.14. The summed E-state index contributed by atoms with van der Waals surface area (Å²) in [5.41, 5.74) is 0.479. The van der Waals surface area contributed by atoms with Gasteiger partial charge in [0, 0.05) is 18.7 Å². The molecule has 0 aliphatic carbocycles. The molecule has 0 unspecified atom stereocenters. The maximum Gasteiger partial charge on any atom is 0.387 e. The quantitative estimate of drug-likeness (QED) is 0.927. The minimum atomic E-state index is -2.85. The molecule has 2 rings (SSSR count). The number of carbonyl (C=O) groups excluding carboxylic acids is 1. The van der Waals surface area contributed by atoms with Crippen LogP contribution in [0.15, 0.2) is 24.3 Å². The smallest absolute Gasteiger partial charge is 0.387 e. The van der Waals surface area contributed by atoms with E-state index >= 15 is 0 Å². The average Bonchev–Trinajstić information content (AvgIpc) is 2.47. The summed E-state index contributed by atoms with van der Waals surface area (Å²) >= 11 is 0. The Labute approximate surface area is 128 Å². The van der Waals surface area contributed by atoms with Crippen LogP contribution < -0.4 is 10.1 Å². The molecule has 0 aromatic heterocycles. The van der Waals surface area contributed by atoms with Crippen molar-refractivity contribution in [2.75, 3.05) is 20.1 Å². The number of amides is 1. The fourth-order valence-electron chi connectivity index (χ4n) is 2.34. The third-order valence-corrected chi connectivity index (χ3v) is 3.50. The Morgan fingerprint density at radius 1 is 1.29 bits per heavy atom. The predicted molar refractivity (Wildman–Crippen MR) is 78.3 cm³/mol. The maximum absolute atomic E-state index is 12.3. The van der Waals surface area contributed by atoms with Crippen LogP contribution in [-0.2, 0) is 0 Å². The van der Waals surface area contributed by atoms with E-state index in [1.165, 1.54) is 24.3 Å². The Balaban J connectivity index is 0.00000220. The number of halogens is 3. The van der Waals surface area contributed by atoms with Gasteiger partial charge in [0.1, 0.15) is 5.75 Å². The molecule has 0 saturated carbocycles. The largest absolute Gasteiger partial charge is 0.435 e. The van der Waals surface area contributed by atoms with Crippen molar-refractivity contribution < 1.29 is 18.3 Å². The molecular weight excluding hydrogens is 302 g/mol. The summed E-state index contributed by atoms with van der Waals surface area (Å²) in [6.07, 6.45) is 1.85. The second-order valence-corrected chi connectivity index (χ2v) is 4.80. The molecular formula is C14H19ClF2N2O2. The summed E-state index contributed by atoms with van der Waals surface area (Å²) in [5, 5.41) is 3.25. The van der Waals surface area contributed by atoms with Gasteiger partial charge in [-0.3, -0.25) is 4.79 Å². The zero-order valence-electron chi connectivity index (χ0n) is 11.7. The summed E-state index contributed by atoms with van der Waals surface area (Å²) in [6, 6.07) is 6.02.